The molecule has 0 unspecified atom stereocenters. The van der Waals surface area contributed by atoms with Crippen LogP contribution in [0.25, 0.3) is 0 Å². The maximum atomic E-state index is 12.6. The third-order valence-electron chi connectivity index (χ3n) is 2.19. The van der Waals surface area contributed by atoms with Crippen LogP contribution in [0.2, 0.25) is 0 Å². The van der Waals surface area contributed by atoms with Crippen molar-refractivity contribution in [2.24, 2.45) is 0 Å². The molecule has 8 heteroatoms. The van der Waals surface area contributed by atoms with Gasteiger partial charge in [-0.1, -0.05) is 6.07 Å². The lowest BCUT2D eigenvalue weighted by molar-refractivity contribution is -0.142. The van der Waals surface area contributed by atoms with E-state index in [-0.39, 0.29) is 18.4 Å². The molecular weight excluding hydrogens is 275 g/mol. The fourth-order valence-electron chi connectivity index (χ4n) is 1.40. The molecular formula is C11H9F5O3. The summed E-state index contributed by atoms with van der Waals surface area (Å²) >= 11 is 0. The highest BCUT2D eigenvalue weighted by molar-refractivity contribution is 5.67. The zero-order chi connectivity index (χ0) is 14.6. The van der Waals surface area contributed by atoms with Crippen LogP contribution in [-0.4, -0.2) is 17.7 Å². The number of aryl methyl sites for hydroxylation is 1. The Morgan fingerprint density at radius 1 is 1.32 bits per heavy atom. The molecule has 0 spiro atoms. The van der Waals surface area contributed by atoms with E-state index in [0.29, 0.717) is 6.07 Å². The number of carboxylic acids is 1. The van der Waals surface area contributed by atoms with Crippen LogP contribution in [0, 0.1) is 0 Å². The summed E-state index contributed by atoms with van der Waals surface area (Å²) in [6.45, 7) is -3.37. The van der Waals surface area contributed by atoms with Gasteiger partial charge in [0.1, 0.15) is 5.75 Å². The van der Waals surface area contributed by atoms with Crippen LogP contribution in [0.4, 0.5) is 22.0 Å². The minimum absolute atomic E-state index is 0.0799. The average molecular weight is 284 g/mol. The Labute approximate surface area is 104 Å². The van der Waals surface area contributed by atoms with E-state index >= 15 is 0 Å². The lowest BCUT2D eigenvalue weighted by Gasteiger charge is -2.14. The van der Waals surface area contributed by atoms with Gasteiger partial charge in [-0.05, 0) is 24.1 Å². The molecule has 1 rings (SSSR count). The van der Waals surface area contributed by atoms with Crippen molar-refractivity contribution < 1.29 is 36.6 Å². The SMILES string of the molecule is O=C(O)CCc1ccc(OC(F)F)c(C(F)(F)F)c1. The number of ether oxygens (including phenoxy) is 1. The Hall–Kier alpha value is -1.86. The Balaban J connectivity index is 3.05. The molecule has 1 aromatic rings. The van der Waals surface area contributed by atoms with Crippen LogP contribution in [0.15, 0.2) is 18.2 Å². The van der Waals surface area contributed by atoms with E-state index in [0.717, 1.165) is 12.1 Å². The van der Waals surface area contributed by atoms with Crippen molar-refractivity contribution in [1.82, 2.24) is 0 Å². The number of carbonyl (C=O) groups is 1. The van der Waals surface area contributed by atoms with E-state index in [1.54, 1.807) is 0 Å². The zero-order valence-corrected chi connectivity index (χ0v) is 9.38. The van der Waals surface area contributed by atoms with Crippen LogP contribution in [0.1, 0.15) is 17.5 Å². The smallest absolute Gasteiger partial charge is 0.419 e. The van der Waals surface area contributed by atoms with Gasteiger partial charge in [-0.3, -0.25) is 4.79 Å². The average Bonchev–Trinajstić information content (AvgIpc) is 2.25. The Morgan fingerprint density at radius 3 is 2.42 bits per heavy atom. The molecule has 106 valence electrons. The summed E-state index contributed by atoms with van der Waals surface area (Å²) in [5.74, 6) is -2.15. The molecule has 0 aliphatic rings. The van der Waals surface area contributed by atoms with E-state index in [1.165, 1.54) is 0 Å². The number of alkyl halides is 5. The van der Waals surface area contributed by atoms with Gasteiger partial charge in [0.2, 0.25) is 0 Å². The number of aliphatic carboxylic acids is 1. The predicted molar refractivity (Wildman–Crippen MR) is 54.0 cm³/mol. The third-order valence-corrected chi connectivity index (χ3v) is 2.19. The summed E-state index contributed by atoms with van der Waals surface area (Å²) < 4.78 is 65.6. The minimum atomic E-state index is -4.86. The lowest BCUT2D eigenvalue weighted by Crippen LogP contribution is -2.12. The van der Waals surface area contributed by atoms with Crippen LogP contribution >= 0.6 is 0 Å². The van der Waals surface area contributed by atoms with E-state index in [2.05, 4.69) is 4.74 Å². The number of hydrogen-bond acceptors (Lipinski definition) is 2. The molecule has 0 amide bonds. The summed E-state index contributed by atoms with van der Waals surface area (Å²) in [4.78, 5) is 10.3. The number of hydrogen-bond donors (Lipinski definition) is 1. The Kier molecular flexibility index (Phi) is 4.68. The van der Waals surface area contributed by atoms with E-state index in [1.807, 2.05) is 0 Å². The van der Waals surface area contributed by atoms with Gasteiger partial charge in [-0.25, -0.2) is 0 Å². The van der Waals surface area contributed by atoms with Crippen molar-refractivity contribution >= 4 is 5.97 Å². The van der Waals surface area contributed by atoms with Gasteiger partial charge in [-0.15, -0.1) is 0 Å². The van der Waals surface area contributed by atoms with Crippen molar-refractivity contribution in [3.63, 3.8) is 0 Å². The molecule has 0 bridgehead atoms. The van der Waals surface area contributed by atoms with Gasteiger partial charge < -0.3 is 9.84 Å². The van der Waals surface area contributed by atoms with Gasteiger partial charge in [0.15, 0.2) is 0 Å². The summed E-state index contributed by atoms with van der Waals surface area (Å²) in [6.07, 6.45) is -5.34. The first-order valence-corrected chi connectivity index (χ1v) is 5.07. The van der Waals surface area contributed by atoms with Crippen molar-refractivity contribution in [2.45, 2.75) is 25.6 Å². The number of carboxylic acid groups (broad SMARTS) is 1. The maximum Gasteiger partial charge on any atom is 0.419 e. The normalized spacial score (nSPS) is 11.7. The highest BCUT2D eigenvalue weighted by Gasteiger charge is 2.35. The zero-order valence-electron chi connectivity index (χ0n) is 9.38. The second-order valence-electron chi connectivity index (χ2n) is 3.60. The fraction of sp³-hybridized carbons (Fsp3) is 0.364. The topological polar surface area (TPSA) is 46.5 Å². The van der Waals surface area contributed by atoms with Crippen molar-refractivity contribution in [2.75, 3.05) is 0 Å². The standard InChI is InChI=1S/C11H9F5O3/c12-10(13)19-8-3-1-6(2-4-9(17)18)5-7(8)11(14,15)16/h1,3,5,10H,2,4H2,(H,17,18). The molecule has 0 heterocycles. The Bertz CT molecular complexity index is 456. The number of halogens is 5. The predicted octanol–water partition coefficient (Wildman–Crippen LogP) is 3.32. The molecule has 0 radical (unpaired) electrons. The molecule has 1 aromatic carbocycles. The molecule has 0 aliphatic carbocycles. The number of benzene rings is 1. The number of rotatable bonds is 5. The summed E-state index contributed by atoms with van der Waals surface area (Å²) in [7, 11) is 0. The second kappa shape index (κ2) is 5.85. The van der Waals surface area contributed by atoms with Gasteiger partial charge in [0.25, 0.3) is 0 Å². The van der Waals surface area contributed by atoms with Crippen molar-refractivity contribution in [3.8, 4) is 5.75 Å². The molecule has 0 fully saturated rings. The van der Waals surface area contributed by atoms with E-state index in [9.17, 15) is 26.7 Å². The van der Waals surface area contributed by atoms with Gasteiger partial charge >= 0.3 is 18.8 Å². The first-order valence-electron chi connectivity index (χ1n) is 5.07. The minimum Gasteiger partial charge on any atom is -0.481 e. The van der Waals surface area contributed by atoms with Gasteiger partial charge in [0, 0.05) is 6.42 Å². The first-order chi connectivity index (χ1) is 8.70. The molecule has 19 heavy (non-hydrogen) atoms. The summed E-state index contributed by atoms with van der Waals surface area (Å²) in [5, 5.41) is 8.43. The van der Waals surface area contributed by atoms with Crippen LogP contribution in [0.3, 0.4) is 0 Å². The monoisotopic (exact) mass is 284 g/mol. The molecule has 0 aliphatic heterocycles. The van der Waals surface area contributed by atoms with E-state index < -0.39 is 30.1 Å². The molecule has 1 N–H and O–H groups in total. The second-order valence-corrected chi connectivity index (χ2v) is 3.60. The van der Waals surface area contributed by atoms with Gasteiger partial charge in [-0.2, -0.15) is 22.0 Å². The molecule has 0 saturated heterocycles. The molecule has 3 nitrogen and oxygen atoms in total. The Morgan fingerprint density at radius 2 is 1.95 bits per heavy atom. The van der Waals surface area contributed by atoms with Crippen molar-refractivity contribution in [3.05, 3.63) is 29.3 Å². The van der Waals surface area contributed by atoms with Crippen molar-refractivity contribution in [1.29, 1.82) is 0 Å². The molecule has 0 atom stereocenters. The highest BCUT2D eigenvalue weighted by Crippen LogP contribution is 2.37. The van der Waals surface area contributed by atoms with Gasteiger partial charge in [0.05, 0.1) is 5.56 Å². The highest BCUT2D eigenvalue weighted by atomic mass is 19.4. The van der Waals surface area contributed by atoms with Crippen LogP contribution in [-0.2, 0) is 17.4 Å². The lowest BCUT2D eigenvalue weighted by atomic mass is 10.1. The van der Waals surface area contributed by atoms with Crippen LogP contribution < -0.4 is 4.74 Å². The fourth-order valence-corrected chi connectivity index (χ4v) is 1.40. The largest absolute Gasteiger partial charge is 0.481 e. The maximum absolute atomic E-state index is 12.6. The summed E-state index contributed by atoms with van der Waals surface area (Å²) in [5.41, 5.74) is -1.27. The van der Waals surface area contributed by atoms with E-state index in [4.69, 9.17) is 5.11 Å². The van der Waals surface area contributed by atoms with Crippen LogP contribution in [0.5, 0.6) is 5.75 Å². The quantitative estimate of drug-likeness (QED) is 0.844. The summed E-state index contributed by atoms with van der Waals surface area (Å²) in [6, 6.07) is 2.49. The third kappa shape index (κ3) is 4.72. The first kappa shape index (κ1) is 15.2. The molecule has 0 aromatic heterocycles. The molecule has 0 saturated carbocycles.